The lowest BCUT2D eigenvalue weighted by Crippen LogP contribution is -2.46. The summed E-state index contributed by atoms with van der Waals surface area (Å²) in [5.74, 6) is 1.73. The van der Waals surface area contributed by atoms with Crippen molar-refractivity contribution in [2.24, 2.45) is 0 Å². The van der Waals surface area contributed by atoms with Gasteiger partial charge in [-0.2, -0.15) is 0 Å². The number of hydrogen-bond donors (Lipinski definition) is 0. The number of hydrogen-bond acceptors (Lipinski definition) is 5. The molecule has 0 radical (unpaired) electrons. The van der Waals surface area contributed by atoms with Crippen LogP contribution in [0.5, 0.6) is 0 Å². The molecule has 26 heavy (non-hydrogen) atoms. The maximum atomic E-state index is 6.12. The van der Waals surface area contributed by atoms with Gasteiger partial charge >= 0.3 is 0 Å². The summed E-state index contributed by atoms with van der Waals surface area (Å²) in [7, 11) is 0. The monoisotopic (exact) mass is 365 g/mol. The van der Waals surface area contributed by atoms with Crippen molar-refractivity contribution in [3.05, 3.63) is 65.6 Å². The van der Waals surface area contributed by atoms with Crippen molar-refractivity contribution in [1.29, 1.82) is 0 Å². The third kappa shape index (κ3) is 3.63. The Balaban J connectivity index is 1.52. The van der Waals surface area contributed by atoms with E-state index in [-0.39, 0.29) is 0 Å². The number of pyridine rings is 1. The molecule has 0 spiro atoms. The normalized spacial score (nSPS) is 14.5. The summed E-state index contributed by atoms with van der Waals surface area (Å²) in [5, 5.41) is 0.774. The molecule has 0 unspecified atom stereocenters. The van der Waals surface area contributed by atoms with Gasteiger partial charge in [0.15, 0.2) is 0 Å². The molecule has 0 bridgehead atoms. The quantitative estimate of drug-likeness (QED) is 0.705. The van der Waals surface area contributed by atoms with Crippen LogP contribution in [0, 0.1) is 6.92 Å². The van der Waals surface area contributed by atoms with Crippen molar-refractivity contribution in [2.45, 2.75) is 6.92 Å². The molecule has 6 heteroatoms. The molecular formula is C20H20ClN5. The van der Waals surface area contributed by atoms with E-state index in [1.807, 2.05) is 49.4 Å². The van der Waals surface area contributed by atoms with Gasteiger partial charge < -0.3 is 9.80 Å². The molecule has 3 aromatic rings. The summed E-state index contributed by atoms with van der Waals surface area (Å²) in [6.45, 7) is 5.61. The predicted molar refractivity (Wildman–Crippen MR) is 106 cm³/mol. The van der Waals surface area contributed by atoms with E-state index in [1.54, 1.807) is 6.20 Å². The van der Waals surface area contributed by atoms with Gasteiger partial charge in [0, 0.05) is 49.2 Å². The summed E-state index contributed by atoms with van der Waals surface area (Å²) in [5.41, 5.74) is 2.91. The summed E-state index contributed by atoms with van der Waals surface area (Å²) >= 11 is 6.12. The number of aryl methyl sites for hydroxylation is 1. The molecule has 1 saturated heterocycles. The molecule has 0 aliphatic carbocycles. The van der Waals surface area contributed by atoms with E-state index in [4.69, 9.17) is 11.6 Å². The Morgan fingerprint density at radius 1 is 0.846 bits per heavy atom. The molecular weight excluding hydrogens is 346 g/mol. The Kier molecular flexibility index (Phi) is 4.71. The first-order valence-electron chi connectivity index (χ1n) is 8.71. The molecule has 2 aromatic heterocycles. The molecule has 4 rings (SSSR count). The van der Waals surface area contributed by atoms with E-state index in [0.717, 1.165) is 54.2 Å². The Morgan fingerprint density at radius 3 is 2.38 bits per heavy atom. The smallest absolute Gasteiger partial charge is 0.133 e. The van der Waals surface area contributed by atoms with E-state index in [0.29, 0.717) is 0 Å². The van der Waals surface area contributed by atoms with Crippen molar-refractivity contribution in [1.82, 2.24) is 15.0 Å². The number of nitrogens with zero attached hydrogens (tertiary/aromatic N) is 5. The summed E-state index contributed by atoms with van der Waals surface area (Å²) in [6, 6.07) is 15.9. The molecule has 0 saturated carbocycles. The zero-order chi connectivity index (χ0) is 17.9. The summed E-state index contributed by atoms with van der Waals surface area (Å²) in [6.07, 6.45) is 1.79. The lowest BCUT2D eigenvalue weighted by atomic mass is 10.2. The lowest BCUT2D eigenvalue weighted by molar-refractivity contribution is 0.646. The third-order valence-electron chi connectivity index (χ3n) is 4.53. The van der Waals surface area contributed by atoms with Crippen LogP contribution in [0.2, 0.25) is 5.02 Å². The Hall–Kier alpha value is -2.66. The molecule has 0 amide bonds. The van der Waals surface area contributed by atoms with Crippen LogP contribution in [-0.4, -0.2) is 41.1 Å². The molecule has 1 aliphatic rings. The maximum absolute atomic E-state index is 6.12. The molecule has 1 aliphatic heterocycles. The van der Waals surface area contributed by atoms with Gasteiger partial charge in [0.1, 0.15) is 11.6 Å². The van der Waals surface area contributed by atoms with Crippen LogP contribution in [0.4, 0.5) is 11.5 Å². The van der Waals surface area contributed by atoms with Gasteiger partial charge in [-0.1, -0.05) is 23.7 Å². The van der Waals surface area contributed by atoms with E-state index in [1.165, 1.54) is 5.69 Å². The fraction of sp³-hybridized carbons (Fsp3) is 0.250. The number of piperazine rings is 1. The van der Waals surface area contributed by atoms with Gasteiger partial charge in [-0.25, -0.2) is 9.97 Å². The average Bonchev–Trinajstić information content (AvgIpc) is 2.68. The zero-order valence-electron chi connectivity index (χ0n) is 14.6. The van der Waals surface area contributed by atoms with Crippen LogP contribution in [0.15, 0.2) is 54.7 Å². The van der Waals surface area contributed by atoms with Crippen molar-refractivity contribution in [3.8, 4) is 11.4 Å². The molecule has 0 atom stereocenters. The zero-order valence-corrected chi connectivity index (χ0v) is 15.4. The van der Waals surface area contributed by atoms with Gasteiger partial charge in [-0.15, -0.1) is 0 Å². The van der Waals surface area contributed by atoms with E-state index in [2.05, 4.69) is 30.8 Å². The van der Waals surface area contributed by atoms with Crippen molar-refractivity contribution in [3.63, 3.8) is 0 Å². The molecule has 132 valence electrons. The van der Waals surface area contributed by atoms with Gasteiger partial charge in [-0.3, -0.25) is 4.98 Å². The first-order valence-corrected chi connectivity index (χ1v) is 9.09. The van der Waals surface area contributed by atoms with Gasteiger partial charge in [0.25, 0.3) is 0 Å². The van der Waals surface area contributed by atoms with Crippen LogP contribution in [0.3, 0.4) is 0 Å². The number of aromatic nitrogens is 3. The molecule has 1 aromatic carbocycles. The van der Waals surface area contributed by atoms with Crippen molar-refractivity contribution >= 4 is 23.1 Å². The minimum absolute atomic E-state index is 0.764. The third-order valence-corrected chi connectivity index (χ3v) is 4.76. The lowest BCUT2D eigenvalue weighted by Gasteiger charge is -2.37. The van der Waals surface area contributed by atoms with Crippen LogP contribution in [-0.2, 0) is 0 Å². The van der Waals surface area contributed by atoms with E-state index < -0.39 is 0 Å². The highest BCUT2D eigenvalue weighted by molar-refractivity contribution is 6.30. The summed E-state index contributed by atoms with van der Waals surface area (Å²) < 4.78 is 0. The second kappa shape index (κ2) is 7.30. The fourth-order valence-electron chi connectivity index (χ4n) is 3.23. The van der Waals surface area contributed by atoms with Crippen LogP contribution < -0.4 is 9.80 Å². The number of benzene rings is 1. The molecule has 3 heterocycles. The molecule has 5 nitrogen and oxygen atoms in total. The highest BCUT2D eigenvalue weighted by atomic mass is 35.5. The van der Waals surface area contributed by atoms with Gasteiger partial charge in [0.2, 0.25) is 0 Å². The highest BCUT2D eigenvalue weighted by Gasteiger charge is 2.19. The number of rotatable bonds is 3. The second-order valence-electron chi connectivity index (χ2n) is 6.33. The summed E-state index contributed by atoms with van der Waals surface area (Å²) in [4.78, 5) is 18.3. The van der Waals surface area contributed by atoms with Crippen molar-refractivity contribution in [2.75, 3.05) is 36.0 Å². The Morgan fingerprint density at radius 2 is 1.65 bits per heavy atom. The standard InChI is InChI=1S/C20H20ClN5/c1-15-23-19(18-7-2-3-8-22-18)14-20(24-15)26-11-9-25(10-12-26)17-6-4-5-16(21)13-17/h2-8,13-14H,9-12H2,1H3. The number of halogens is 1. The van der Waals surface area contributed by atoms with Crippen LogP contribution >= 0.6 is 11.6 Å². The Labute approximate surface area is 158 Å². The SMILES string of the molecule is Cc1nc(-c2ccccn2)cc(N2CCN(c3cccc(Cl)c3)CC2)n1. The minimum Gasteiger partial charge on any atom is -0.368 e. The maximum Gasteiger partial charge on any atom is 0.133 e. The van der Waals surface area contributed by atoms with Crippen molar-refractivity contribution < 1.29 is 0 Å². The first kappa shape index (κ1) is 16.8. The fourth-order valence-corrected chi connectivity index (χ4v) is 3.41. The van der Waals surface area contributed by atoms with E-state index >= 15 is 0 Å². The number of anilines is 2. The van der Waals surface area contributed by atoms with Gasteiger partial charge in [-0.05, 0) is 37.3 Å². The average molecular weight is 366 g/mol. The minimum atomic E-state index is 0.764. The topological polar surface area (TPSA) is 45.2 Å². The second-order valence-corrected chi connectivity index (χ2v) is 6.76. The largest absolute Gasteiger partial charge is 0.368 e. The Bertz CT molecular complexity index is 892. The molecule has 0 N–H and O–H groups in total. The highest BCUT2D eigenvalue weighted by Crippen LogP contribution is 2.24. The van der Waals surface area contributed by atoms with E-state index in [9.17, 15) is 0 Å². The van der Waals surface area contributed by atoms with Crippen LogP contribution in [0.1, 0.15) is 5.82 Å². The first-order chi connectivity index (χ1) is 12.7. The van der Waals surface area contributed by atoms with Gasteiger partial charge in [0.05, 0.1) is 11.4 Å². The molecule has 1 fully saturated rings. The predicted octanol–water partition coefficient (Wildman–Crippen LogP) is 3.83. The van der Waals surface area contributed by atoms with Crippen LogP contribution in [0.25, 0.3) is 11.4 Å².